The molecule has 218 valence electrons. The van der Waals surface area contributed by atoms with Crippen molar-refractivity contribution in [2.75, 3.05) is 19.6 Å². The summed E-state index contributed by atoms with van der Waals surface area (Å²) in [7, 11) is 0. The van der Waals surface area contributed by atoms with Crippen LogP contribution in [0.1, 0.15) is 82.3 Å². The van der Waals surface area contributed by atoms with E-state index in [1.807, 2.05) is 13.8 Å². The van der Waals surface area contributed by atoms with Crippen LogP contribution in [0.4, 0.5) is 4.39 Å². The van der Waals surface area contributed by atoms with Crippen LogP contribution in [0, 0.1) is 11.7 Å². The summed E-state index contributed by atoms with van der Waals surface area (Å²) in [5, 5.41) is 3.05. The first kappa shape index (κ1) is 31.6. The Hall–Kier alpha value is -2.97. The Morgan fingerprint density at radius 2 is 1.65 bits per heavy atom. The fourth-order valence-electron chi connectivity index (χ4n) is 5.87. The van der Waals surface area contributed by atoms with Gasteiger partial charge in [-0.2, -0.15) is 4.99 Å². The predicted molar refractivity (Wildman–Crippen MR) is 152 cm³/mol. The van der Waals surface area contributed by atoms with Gasteiger partial charge >= 0.3 is 0 Å². The van der Waals surface area contributed by atoms with Crippen molar-refractivity contribution in [1.29, 1.82) is 0 Å². The number of nitrogens with zero attached hydrogens (tertiary/aromatic N) is 3. The number of halogens is 2. The average molecular weight is 572 g/mol. The first-order valence-electron chi connectivity index (χ1n) is 14.4. The summed E-state index contributed by atoms with van der Waals surface area (Å²) in [6.45, 7) is 14.8. The Morgan fingerprint density at radius 3 is 2.23 bits per heavy atom. The Bertz CT molecular complexity index is 1360. The number of nitrogens with one attached hydrogen (secondary N) is 2. The Kier molecular flexibility index (Phi) is 10.7. The van der Waals surface area contributed by atoms with E-state index in [0.717, 1.165) is 67.4 Å². The van der Waals surface area contributed by atoms with Crippen LogP contribution in [-0.2, 0) is 11.3 Å². The maximum atomic E-state index is 13.4. The van der Waals surface area contributed by atoms with Crippen molar-refractivity contribution in [2.24, 2.45) is 10.9 Å². The lowest BCUT2D eigenvalue weighted by molar-refractivity contribution is -0.936. The number of H-pyrrole nitrogens is 1. The summed E-state index contributed by atoms with van der Waals surface area (Å²) < 4.78 is 16.6. The number of imidazole rings is 1. The predicted octanol–water partition coefficient (Wildman–Crippen LogP) is 2.49. The van der Waals surface area contributed by atoms with Gasteiger partial charge in [0, 0.05) is 29.1 Å². The third-order valence-corrected chi connectivity index (χ3v) is 8.49. The second kappa shape index (κ2) is 13.6. The molecule has 0 bridgehead atoms. The van der Waals surface area contributed by atoms with Crippen LogP contribution in [-0.4, -0.2) is 51.5 Å². The minimum atomic E-state index is -0.417. The van der Waals surface area contributed by atoms with Gasteiger partial charge in [0.2, 0.25) is 11.5 Å². The minimum absolute atomic E-state index is 0. The molecule has 0 radical (unpaired) electrons. The maximum absolute atomic E-state index is 13.4. The standard InChI is InChI=1S/C31H42FN5O2.ClH/c1-6-37(7-2,8-3)20-22-9-18-27-28(19-22)36(26-16-12-24(13-17-26)29(38)33-21(4)5)31(34-27)35-30(39)23-10-14-25(32)15-11-23;/h9-11,14-15,18-19,21,24,26H,6-8,12-13,16-17,20H2,1-5H3,(H-,33,34,35,38,39);1H/t24-,26+;. The van der Waals surface area contributed by atoms with Gasteiger partial charge in [-0.05, 0) is 96.7 Å². The van der Waals surface area contributed by atoms with E-state index < -0.39 is 11.7 Å². The molecule has 2 amide bonds. The molecule has 1 fully saturated rings. The molecular formula is C31H43ClFN5O2. The van der Waals surface area contributed by atoms with Crippen molar-refractivity contribution in [3.8, 4) is 0 Å². The SMILES string of the molecule is CC[N+](CC)(CC)Cc1ccc2[nH]/c(=N\C(=O)c3ccc(F)cc3)n([C@H]3CC[C@@H](C(=O)NC(C)C)CC3)c2c1.[Cl-]. The van der Waals surface area contributed by atoms with Gasteiger partial charge in [-0.3, -0.25) is 9.59 Å². The number of hydrogen-bond acceptors (Lipinski definition) is 2. The van der Waals surface area contributed by atoms with E-state index >= 15 is 0 Å². The molecule has 7 nitrogen and oxygen atoms in total. The number of aromatic amines is 1. The van der Waals surface area contributed by atoms with Crippen LogP contribution in [0.5, 0.6) is 0 Å². The molecule has 1 aromatic heterocycles. The summed E-state index contributed by atoms with van der Waals surface area (Å²) in [6, 6.07) is 12.2. The number of hydrogen-bond donors (Lipinski definition) is 2. The highest BCUT2D eigenvalue weighted by atomic mass is 35.5. The molecular weight excluding hydrogens is 529 g/mol. The lowest BCUT2D eigenvalue weighted by Gasteiger charge is -2.36. The van der Waals surface area contributed by atoms with Crippen molar-refractivity contribution in [3.05, 3.63) is 65.0 Å². The van der Waals surface area contributed by atoms with E-state index in [1.54, 1.807) is 0 Å². The zero-order chi connectivity index (χ0) is 28.2. The van der Waals surface area contributed by atoms with Crippen LogP contribution in [0.15, 0.2) is 47.5 Å². The van der Waals surface area contributed by atoms with Crippen LogP contribution < -0.4 is 23.3 Å². The van der Waals surface area contributed by atoms with Gasteiger partial charge < -0.3 is 31.8 Å². The third-order valence-electron chi connectivity index (χ3n) is 8.49. The van der Waals surface area contributed by atoms with Gasteiger partial charge in [0.25, 0.3) is 5.91 Å². The molecule has 0 unspecified atom stereocenters. The largest absolute Gasteiger partial charge is 1.00 e. The van der Waals surface area contributed by atoms with Gasteiger partial charge in [-0.1, -0.05) is 6.07 Å². The molecule has 4 rings (SSSR count). The van der Waals surface area contributed by atoms with Gasteiger partial charge in [0.1, 0.15) is 12.4 Å². The number of quaternary nitrogens is 1. The number of fused-ring (bicyclic) bond motifs is 1. The molecule has 1 saturated carbocycles. The number of amides is 2. The number of carbonyl (C=O) groups is 2. The number of benzene rings is 2. The highest BCUT2D eigenvalue weighted by Gasteiger charge is 2.29. The summed E-state index contributed by atoms with van der Waals surface area (Å²) >= 11 is 0. The zero-order valence-electron chi connectivity index (χ0n) is 24.3. The molecule has 1 heterocycles. The first-order valence-corrected chi connectivity index (χ1v) is 14.4. The number of carbonyl (C=O) groups excluding carboxylic acids is 2. The van der Waals surface area contributed by atoms with Gasteiger partial charge in [-0.25, -0.2) is 4.39 Å². The number of rotatable bonds is 9. The molecule has 0 saturated heterocycles. The lowest BCUT2D eigenvalue weighted by atomic mass is 9.85. The van der Waals surface area contributed by atoms with E-state index in [0.29, 0.717) is 11.2 Å². The maximum Gasteiger partial charge on any atom is 0.280 e. The smallest absolute Gasteiger partial charge is 0.280 e. The van der Waals surface area contributed by atoms with Gasteiger partial charge in [-0.15, -0.1) is 0 Å². The molecule has 1 aliphatic carbocycles. The van der Waals surface area contributed by atoms with Crippen molar-refractivity contribution < 1.29 is 30.9 Å². The van der Waals surface area contributed by atoms with E-state index in [1.165, 1.54) is 29.8 Å². The van der Waals surface area contributed by atoms with E-state index in [-0.39, 0.29) is 36.3 Å². The third kappa shape index (κ3) is 7.02. The molecule has 0 aliphatic heterocycles. The fourth-order valence-corrected chi connectivity index (χ4v) is 5.87. The van der Waals surface area contributed by atoms with Crippen LogP contribution in [0.2, 0.25) is 0 Å². The van der Waals surface area contributed by atoms with Crippen molar-refractivity contribution in [1.82, 2.24) is 14.9 Å². The Labute approximate surface area is 242 Å². The summed E-state index contributed by atoms with van der Waals surface area (Å²) in [5.41, 5.74) is 4.03. The second-order valence-corrected chi connectivity index (χ2v) is 11.2. The highest BCUT2D eigenvalue weighted by molar-refractivity contribution is 5.95. The normalized spacial score (nSPS) is 18.1. The summed E-state index contributed by atoms with van der Waals surface area (Å²) in [5.74, 6) is -0.681. The quantitative estimate of drug-likeness (QED) is 0.387. The highest BCUT2D eigenvalue weighted by Crippen LogP contribution is 2.34. The second-order valence-electron chi connectivity index (χ2n) is 11.2. The molecule has 0 spiro atoms. The molecule has 2 aromatic carbocycles. The van der Waals surface area contributed by atoms with Crippen LogP contribution >= 0.6 is 0 Å². The fraction of sp³-hybridized carbons (Fsp3) is 0.516. The van der Waals surface area contributed by atoms with Gasteiger partial charge in [0.05, 0.1) is 30.7 Å². The minimum Gasteiger partial charge on any atom is -1.00 e. The van der Waals surface area contributed by atoms with E-state index in [4.69, 9.17) is 0 Å². The van der Waals surface area contributed by atoms with Crippen molar-refractivity contribution >= 4 is 22.8 Å². The Morgan fingerprint density at radius 1 is 1.02 bits per heavy atom. The zero-order valence-corrected chi connectivity index (χ0v) is 25.1. The van der Waals surface area contributed by atoms with Gasteiger partial charge in [0.15, 0.2) is 0 Å². The van der Waals surface area contributed by atoms with E-state index in [9.17, 15) is 14.0 Å². The van der Waals surface area contributed by atoms with Crippen LogP contribution in [0.3, 0.4) is 0 Å². The Balaban J connectivity index is 0.00000441. The lowest BCUT2D eigenvalue weighted by Crippen LogP contribution is -3.00. The molecule has 1 aliphatic rings. The first-order chi connectivity index (χ1) is 18.7. The summed E-state index contributed by atoms with van der Waals surface area (Å²) in [6.07, 6.45) is 3.22. The molecule has 0 atom stereocenters. The molecule has 40 heavy (non-hydrogen) atoms. The topological polar surface area (TPSA) is 79.2 Å². The summed E-state index contributed by atoms with van der Waals surface area (Å²) in [4.78, 5) is 33.6. The van der Waals surface area contributed by atoms with Crippen LogP contribution in [0.25, 0.3) is 11.0 Å². The molecule has 2 N–H and O–H groups in total. The monoisotopic (exact) mass is 571 g/mol. The van der Waals surface area contributed by atoms with Crippen molar-refractivity contribution in [2.45, 2.75) is 78.9 Å². The molecule has 9 heteroatoms. The van der Waals surface area contributed by atoms with E-state index in [2.05, 4.69) is 58.8 Å². The molecule has 3 aromatic rings. The number of aromatic nitrogens is 2. The average Bonchev–Trinajstić information content (AvgIpc) is 3.28. The van der Waals surface area contributed by atoms with Crippen molar-refractivity contribution in [3.63, 3.8) is 0 Å².